The molecule has 2 unspecified atom stereocenters. The van der Waals surface area contributed by atoms with Gasteiger partial charge in [-0.1, -0.05) is 36.4 Å². The summed E-state index contributed by atoms with van der Waals surface area (Å²) in [5, 5.41) is 17.1. The Morgan fingerprint density at radius 2 is 1.71 bits per heavy atom. The van der Waals surface area contributed by atoms with Crippen LogP contribution in [0.1, 0.15) is 53.5 Å². The van der Waals surface area contributed by atoms with Crippen molar-refractivity contribution in [1.29, 1.82) is 0 Å². The van der Waals surface area contributed by atoms with Crippen LogP contribution in [-0.4, -0.2) is 38.5 Å². The van der Waals surface area contributed by atoms with E-state index < -0.39 is 0 Å². The van der Waals surface area contributed by atoms with Crippen LogP contribution in [0.2, 0.25) is 0 Å². The van der Waals surface area contributed by atoms with Crippen molar-refractivity contribution in [2.75, 3.05) is 32.6 Å². The molecule has 3 aromatic carbocycles. The van der Waals surface area contributed by atoms with E-state index in [9.17, 15) is 5.11 Å². The molecular formula is C33H42N2O3. The minimum atomic E-state index is 0.242. The second-order valence-corrected chi connectivity index (χ2v) is 10.3. The van der Waals surface area contributed by atoms with E-state index in [1.165, 1.54) is 27.8 Å². The summed E-state index contributed by atoms with van der Waals surface area (Å²) in [5.74, 6) is 2.20. The molecule has 0 saturated carbocycles. The fourth-order valence-corrected chi connectivity index (χ4v) is 5.44. The number of fused-ring (bicyclic) bond motifs is 1. The molecule has 0 spiro atoms. The molecule has 3 N–H and O–H groups in total. The Morgan fingerprint density at radius 1 is 0.974 bits per heavy atom. The Labute approximate surface area is 227 Å². The van der Waals surface area contributed by atoms with Gasteiger partial charge in [0.05, 0.1) is 14.2 Å². The lowest BCUT2D eigenvalue weighted by molar-refractivity contribution is 0.354. The summed E-state index contributed by atoms with van der Waals surface area (Å²) in [5.41, 5.74) is 7.59. The number of aromatic hydroxyl groups is 1. The Balaban J connectivity index is 1.46. The van der Waals surface area contributed by atoms with Gasteiger partial charge in [-0.3, -0.25) is 0 Å². The number of rotatable bonds is 13. The molecule has 0 amide bonds. The van der Waals surface area contributed by atoms with Gasteiger partial charge in [-0.15, -0.1) is 6.58 Å². The van der Waals surface area contributed by atoms with E-state index in [0.717, 1.165) is 68.8 Å². The number of anilines is 1. The van der Waals surface area contributed by atoms with E-state index in [2.05, 4.69) is 66.6 Å². The highest BCUT2D eigenvalue weighted by Gasteiger charge is 2.25. The van der Waals surface area contributed by atoms with Gasteiger partial charge in [0.1, 0.15) is 5.75 Å². The molecule has 2 atom stereocenters. The summed E-state index contributed by atoms with van der Waals surface area (Å²) in [6.07, 6.45) is 7.83. The molecule has 0 bridgehead atoms. The maximum atomic E-state index is 9.90. The first-order chi connectivity index (χ1) is 18.5. The number of phenols is 1. The van der Waals surface area contributed by atoms with Crippen LogP contribution in [0.15, 0.2) is 67.3 Å². The summed E-state index contributed by atoms with van der Waals surface area (Å²) in [6, 6.07) is 19.2. The smallest absolute Gasteiger partial charge is 0.162 e. The molecule has 0 heterocycles. The van der Waals surface area contributed by atoms with Gasteiger partial charge in [0.2, 0.25) is 0 Å². The molecule has 0 saturated heterocycles. The summed E-state index contributed by atoms with van der Waals surface area (Å²) in [7, 11) is 3.38. The molecular weight excluding hydrogens is 472 g/mol. The van der Waals surface area contributed by atoms with E-state index in [1.807, 2.05) is 12.1 Å². The van der Waals surface area contributed by atoms with Crippen molar-refractivity contribution in [3.8, 4) is 17.2 Å². The number of hydrogen-bond acceptors (Lipinski definition) is 5. The maximum absolute atomic E-state index is 9.90. The van der Waals surface area contributed by atoms with Crippen molar-refractivity contribution < 1.29 is 14.6 Å². The molecule has 5 heteroatoms. The fourth-order valence-electron chi connectivity index (χ4n) is 5.44. The third-order valence-electron chi connectivity index (χ3n) is 7.50. The third-order valence-corrected chi connectivity index (χ3v) is 7.50. The minimum absolute atomic E-state index is 0.242. The van der Waals surface area contributed by atoms with Crippen LogP contribution in [0.5, 0.6) is 17.2 Å². The lowest BCUT2D eigenvalue weighted by Crippen LogP contribution is -2.21. The van der Waals surface area contributed by atoms with Crippen LogP contribution in [0, 0.1) is 0 Å². The molecule has 3 aromatic rings. The third kappa shape index (κ3) is 7.11. The van der Waals surface area contributed by atoms with Gasteiger partial charge in [0, 0.05) is 17.8 Å². The minimum Gasteiger partial charge on any atom is -0.508 e. The molecule has 5 nitrogen and oxygen atoms in total. The standard InChI is InChI=1S/C33H42N2O3/c1-5-6-16-34-17-15-24-7-9-25(10-8-24)18-23(2)35-31-22-33(38-4)32(37-3)21-30(31)28-12-11-27-20-29(36)14-13-26(27)19-28/h5,7-10,13-14,20-23,28,34-36H,1,6,11-12,15-19H2,2-4H3. The molecule has 0 aromatic heterocycles. The second kappa shape index (κ2) is 13.4. The zero-order valence-electron chi connectivity index (χ0n) is 23.1. The van der Waals surface area contributed by atoms with Crippen molar-refractivity contribution in [2.45, 2.75) is 57.4 Å². The van der Waals surface area contributed by atoms with Gasteiger partial charge >= 0.3 is 0 Å². The number of aryl methyl sites for hydroxylation is 1. The van der Waals surface area contributed by atoms with Crippen LogP contribution >= 0.6 is 0 Å². The first-order valence-corrected chi connectivity index (χ1v) is 13.7. The monoisotopic (exact) mass is 514 g/mol. The van der Waals surface area contributed by atoms with Gasteiger partial charge in [-0.25, -0.2) is 0 Å². The van der Waals surface area contributed by atoms with Crippen LogP contribution in [-0.2, 0) is 25.7 Å². The zero-order valence-corrected chi connectivity index (χ0v) is 23.1. The molecule has 1 aliphatic carbocycles. The predicted molar refractivity (Wildman–Crippen MR) is 157 cm³/mol. The predicted octanol–water partition coefficient (Wildman–Crippen LogP) is 6.43. The number of nitrogens with one attached hydrogen (secondary N) is 2. The highest BCUT2D eigenvalue weighted by atomic mass is 16.5. The maximum Gasteiger partial charge on any atom is 0.162 e. The fraction of sp³-hybridized carbons (Fsp3) is 0.394. The summed E-state index contributed by atoms with van der Waals surface area (Å²) in [4.78, 5) is 0. The number of ether oxygens (including phenoxy) is 2. The van der Waals surface area contributed by atoms with Crippen molar-refractivity contribution in [3.05, 3.63) is 95.1 Å². The van der Waals surface area contributed by atoms with E-state index in [4.69, 9.17) is 9.47 Å². The van der Waals surface area contributed by atoms with E-state index in [0.29, 0.717) is 11.7 Å². The molecule has 1 aliphatic rings. The summed E-state index contributed by atoms with van der Waals surface area (Å²) < 4.78 is 11.3. The number of methoxy groups -OCH3 is 2. The molecule has 4 rings (SSSR count). The summed E-state index contributed by atoms with van der Waals surface area (Å²) in [6.45, 7) is 7.97. The highest BCUT2D eigenvalue weighted by molar-refractivity contribution is 5.63. The van der Waals surface area contributed by atoms with Gasteiger partial charge in [0.15, 0.2) is 11.5 Å². The molecule has 0 fully saturated rings. The number of phenolic OH excluding ortho intramolecular Hbond substituents is 1. The van der Waals surface area contributed by atoms with Gasteiger partial charge in [-0.05, 0) is 110 Å². The lowest BCUT2D eigenvalue weighted by Gasteiger charge is -2.29. The van der Waals surface area contributed by atoms with Gasteiger partial charge < -0.3 is 25.2 Å². The number of hydrogen-bond donors (Lipinski definition) is 3. The molecule has 0 radical (unpaired) electrons. The first-order valence-electron chi connectivity index (χ1n) is 13.7. The molecule has 38 heavy (non-hydrogen) atoms. The van der Waals surface area contributed by atoms with Crippen molar-refractivity contribution >= 4 is 5.69 Å². The average Bonchev–Trinajstić information content (AvgIpc) is 2.93. The Morgan fingerprint density at radius 3 is 2.45 bits per heavy atom. The van der Waals surface area contributed by atoms with Gasteiger partial charge in [0.25, 0.3) is 0 Å². The van der Waals surface area contributed by atoms with Crippen LogP contribution < -0.4 is 20.1 Å². The van der Waals surface area contributed by atoms with E-state index >= 15 is 0 Å². The second-order valence-electron chi connectivity index (χ2n) is 10.3. The SMILES string of the molecule is C=CCCNCCc1ccc(CC(C)Nc2cc(OC)c(OC)cc2C2CCc3cc(O)ccc3C2)cc1. The largest absolute Gasteiger partial charge is 0.508 e. The van der Waals surface area contributed by atoms with Crippen LogP contribution in [0.3, 0.4) is 0 Å². The average molecular weight is 515 g/mol. The normalized spacial score (nSPS) is 15.4. The quantitative estimate of drug-likeness (QED) is 0.181. The number of benzene rings is 3. The summed E-state index contributed by atoms with van der Waals surface area (Å²) >= 11 is 0. The van der Waals surface area contributed by atoms with E-state index in [1.54, 1.807) is 20.3 Å². The molecule has 202 valence electrons. The van der Waals surface area contributed by atoms with Crippen molar-refractivity contribution in [3.63, 3.8) is 0 Å². The van der Waals surface area contributed by atoms with Crippen LogP contribution in [0.25, 0.3) is 0 Å². The van der Waals surface area contributed by atoms with Gasteiger partial charge in [-0.2, -0.15) is 0 Å². The lowest BCUT2D eigenvalue weighted by atomic mass is 9.79. The Bertz CT molecular complexity index is 1210. The van der Waals surface area contributed by atoms with Crippen molar-refractivity contribution in [2.24, 2.45) is 0 Å². The zero-order chi connectivity index (χ0) is 26.9. The van der Waals surface area contributed by atoms with Crippen molar-refractivity contribution in [1.82, 2.24) is 5.32 Å². The van der Waals surface area contributed by atoms with Crippen LogP contribution in [0.4, 0.5) is 5.69 Å². The topological polar surface area (TPSA) is 62.8 Å². The van der Waals surface area contributed by atoms with E-state index in [-0.39, 0.29) is 6.04 Å². The Hall–Kier alpha value is -3.44. The molecule has 0 aliphatic heterocycles. The highest BCUT2D eigenvalue weighted by Crippen LogP contribution is 2.42. The first kappa shape index (κ1) is 27.6. The Kier molecular flexibility index (Phi) is 9.72.